The third kappa shape index (κ3) is 2.02. The fraction of sp³-hybridized carbons (Fsp3) is 0.125. The highest BCUT2D eigenvalue weighted by Gasteiger charge is 2.05. The van der Waals surface area contributed by atoms with Crippen LogP contribution in [-0.2, 0) is 4.74 Å². The molecular weight excluding hydrogens is 174 g/mol. The molecule has 68 valence electrons. The molecule has 0 aliphatic rings. The fourth-order valence-electron chi connectivity index (χ4n) is 0.740. The van der Waals surface area contributed by atoms with Gasteiger partial charge in [0.15, 0.2) is 0 Å². The first kappa shape index (κ1) is 9.18. The molecule has 0 fully saturated rings. The zero-order chi connectivity index (χ0) is 9.84. The molecule has 0 saturated carbocycles. The zero-order valence-corrected chi connectivity index (χ0v) is 6.81. The molecule has 0 atom stereocenters. The maximum Gasteiger partial charge on any atom is 0.356 e. The van der Waals surface area contributed by atoms with Crippen molar-refractivity contribution in [1.29, 1.82) is 0 Å². The summed E-state index contributed by atoms with van der Waals surface area (Å²) in [5, 5.41) is 10.3. The summed E-state index contributed by atoms with van der Waals surface area (Å²) in [7, 11) is 1.22. The fourth-order valence-corrected chi connectivity index (χ4v) is 0.740. The summed E-state index contributed by atoms with van der Waals surface area (Å²) >= 11 is 0. The number of aromatic carboxylic acids is 1. The molecule has 0 radical (unpaired) electrons. The number of hydrogen-bond acceptors (Lipinski definition) is 5. The Morgan fingerprint density at radius 1 is 1.46 bits per heavy atom. The minimum absolute atomic E-state index is 0.0625. The number of carboxylic acids is 1. The Morgan fingerprint density at radius 2 is 2.15 bits per heavy atom. The van der Waals surface area contributed by atoms with E-state index in [0.29, 0.717) is 0 Å². The average molecular weight is 180 g/mol. The second-order valence-electron chi connectivity index (χ2n) is 2.21. The van der Waals surface area contributed by atoms with Crippen molar-refractivity contribution in [1.82, 2.24) is 4.98 Å². The molecule has 1 heterocycles. The van der Waals surface area contributed by atoms with Crippen LogP contribution in [0, 0.1) is 0 Å². The Balaban J connectivity index is 2.93. The number of rotatable bonds is 2. The van der Waals surface area contributed by atoms with E-state index in [-0.39, 0.29) is 11.3 Å². The SMILES string of the molecule is COC(=O)c1ccc(C(=O)[O-])cn1. The number of carbonyl (C=O) groups is 2. The second kappa shape index (κ2) is 3.66. The van der Waals surface area contributed by atoms with Crippen LogP contribution in [0.3, 0.4) is 0 Å². The second-order valence-corrected chi connectivity index (χ2v) is 2.21. The summed E-state index contributed by atoms with van der Waals surface area (Å²) in [6.45, 7) is 0. The summed E-state index contributed by atoms with van der Waals surface area (Å²) in [6.07, 6.45) is 1.04. The van der Waals surface area contributed by atoms with E-state index < -0.39 is 11.9 Å². The Hall–Kier alpha value is -1.91. The smallest absolute Gasteiger partial charge is 0.356 e. The molecule has 0 aliphatic heterocycles. The van der Waals surface area contributed by atoms with Gasteiger partial charge in [0.1, 0.15) is 5.69 Å². The van der Waals surface area contributed by atoms with Gasteiger partial charge in [0, 0.05) is 11.8 Å². The molecule has 0 bridgehead atoms. The van der Waals surface area contributed by atoms with Crippen LogP contribution in [0.5, 0.6) is 0 Å². The van der Waals surface area contributed by atoms with Crippen LogP contribution in [0.25, 0.3) is 0 Å². The van der Waals surface area contributed by atoms with E-state index >= 15 is 0 Å². The molecular formula is C8H6NO4-. The number of methoxy groups -OCH3 is 1. The van der Waals surface area contributed by atoms with Crippen molar-refractivity contribution in [3.8, 4) is 0 Å². The standard InChI is InChI=1S/C8H7NO4/c1-13-8(12)6-3-2-5(4-9-6)7(10)11/h2-4H,1H3,(H,10,11)/p-1. The average Bonchev–Trinajstić information content (AvgIpc) is 2.17. The summed E-state index contributed by atoms with van der Waals surface area (Å²) in [4.78, 5) is 24.7. The largest absolute Gasteiger partial charge is 0.545 e. The third-order valence-corrected chi connectivity index (χ3v) is 1.39. The van der Waals surface area contributed by atoms with Crippen LogP contribution in [0.2, 0.25) is 0 Å². The molecule has 0 unspecified atom stereocenters. The van der Waals surface area contributed by atoms with Gasteiger partial charge in [-0.1, -0.05) is 0 Å². The zero-order valence-electron chi connectivity index (χ0n) is 6.81. The van der Waals surface area contributed by atoms with E-state index in [0.717, 1.165) is 6.20 Å². The van der Waals surface area contributed by atoms with Crippen LogP contribution in [0.15, 0.2) is 18.3 Å². The van der Waals surface area contributed by atoms with Crippen molar-refractivity contribution in [3.05, 3.63) is 29.6 Å². The van der Waals surface area contributed by atoms with E-state index in [9.17, 15) is 14.7 Å². The van der Waals surface area contributed by atoms with Crippen molar-refractivity contribution in [2.75, 3.05) is 7.11 Å². The summed E-state index contributed by atoms with van der Waals surface area (Å²) < 4.78 is 4.37. The van der Waals surface area contributed by atoms with Crippen LogP contribution >= 0.6 is 0 Å². The van der Waals surface area contributed by atoms with E-state index in [1.165, 1.54) is 19.2 Å². The Morgan fingerprint density at radius 3 is 2.54 bits per heavy atom. The van der Waals surface area contributed by atoms with Crippen LogP contribution in [0.1, 0.15) is 20.8 Å². The molecule has 0 spiro atoms. The van der Waals surface area contributed by atoms with Crippen molar-refractivity contribution < 1.29 is 19.4 Å². The maximum atomic E-state index is 10.8. The van der Waals surface area contributed by atoms with Crippen molar-refractivity contribution in [3.63, 3.8) is 0 Å². The van der Waals surface area contributed by atoms with Gasteiger partial charge in [-0.3, -0.25) is 0 Å². The number of pyridine rings is 1. The predicted molar refractivity (Wildman–Crippen MR) is 39.9 cm³/mol. The number of aromatic nitrogens is 1. The molecule has 0 saturated heterocycles. The number of esters is 1. The molecule has 0 aromatic carbocycles. The van der Waals surface area contributed by atoms with Gasteiger partial charge in [0.25, 0.3) is 0 Å². The molecule has 1 aromatic rings. The first-order chi connectivity index (χ1) is 6.15. The lowest BCUT2D eigenvalue weighted by molar-refractivity contribution is -0.255. The maximum absolute atomic E-state index is 10.8. The van der Waals surface area contributed by atoms with Crippen molar-refractivity contribution in [2.45, 2.75) is 0 Å². The highest BCUT2D eigenvalue weighted by molar-refractivity contribution is 5.89. The molecule has 1 aromatic heterocycles. The Labute approximate surface area is 74.0 Å². The van der Waals surface area contributed by atoms with Gasteiger partial charge in [0.05, 0.1) is 13.1 Å². The molecule has 13 heavy (non-hydrogen) atoms. The molecule has 0 aliphatic carbocycles. The first-order valence-corrected chi connectivity index (χ1v) is 3.41. The van der Waals surface area contributed by atoms with Crippen molar-refractivity contribution in [2.24, 2.45) is 0 Å². The number of ether oxygens (including phenoxy) is 1. The van der Waals surface area contributed by atoms with Gasteiger partial charge >= 0.3 is 5.97 Å². The highest BCUT2D eigenvalue weighted by Crippen LogP contribution is 2.00. The van der Waals surface area contributed by atoms with Crippen LogP contribution in [-0.4, -0.2) is 24.0 Å². The van der Waals surface area contributed by atoms with E-state index in [2.05, 4.69) is 9.72 Å². The molecule has 0 amide bonds. The molecule has 1 rings (SSSR count). The lowest BCUT2D eigenvalue weighted by atomic mass is 10.2. The van der Waals surface area contributed by atoms with Crippen LogP contribution in [0.4, 0.5) is 0 Å². The highest BCUT2D eigenvalue weighted by atomic mass is 16.5. The van der Waals surface area contributed by atoms with Gasteiger partial charge in [-0.25, -0.2) is 9.78 Å². The van der Waals surface area contributed by atoms with Gasteiger partial charge in [0.2, 0.25) is 0 Å². The molecule has 5 nitrogen and oxygen atoms in total. The molecule has 0 N–H and O–H groups in total. The lowest BCUT2D eigenvalue weighted by Gasteiger charge is -2.01. The van der Waals surface area contributed by atoms with Crippen LogP contribution < -0.4 is 5.11 Å². The van der Waals surface area contributed by atoms with E-state index in [1.807, 2.05) is 0 Å². The normalized spacial score (nSPS) is 9.31. The topological polar surface area (TPSA) is 79.3 Å². The number of carbonyl (C=O) groups excluding carboxylic acids is 2. The quantitative estimate of drug-likeness (QED) is 0.558. The van der Waals surface area contributed by atoms with Gasteiger partial charge in [-0.2, -0.15) is 0 Å². The monoisotopic (exact) mass is 180 g/mol. The summed E-state index contributed by atoms with van der Waals surface area (Å²) in [5.74, 6) is -1.94. The molecule has 5 heteroatoms. The van der Waals surface area contributed by atoms with E-state index in [1.54, 1.807) is 0 Å². The number of nitrogens with zero attached hydrogens (tertiary/aromatic N) is 1. The van der Waals surface area contributed by atoms with Gasteiger partial charge in [-0.15, -0.1) is 0 Å². The summed E-state index contributed by atoms with van der Waals surface area (Å²) in [6, 6.07) is 2.49. The third-order valence-electron chi connectivity index (χ3n) is 1.39. The van der Waals surface area contributed by atoms with Gasteiger partial charge in [-0.05, 0) is 12.1 Å². The van der Waals surface area contributed by atoms with Crippen molar-refractivity contribution >= 4 is 11.9 Å². The minimum atomic E-state index is -1.33. The lowest BCUT2D eigenvalue weighted by Crippen LogP contribution is -2.22. The van der Waals surface area contributed by atoms with Gasteiger partial charge < -0.3 is 14.6 Å². The summed E-state index contributed by atoms with van der Waals surface area (Å²) in [5.41, 5.74) is -0.0137. The number of carboxylic acid groups (broad SMARTS) is 1. The first-order valence-electron chi connectivity index (χ1n) is 3.41. The Kier molecular flexibility index (Phi) is 2.59. The van der Waals surface area contributed by atoms with E-state index in [4.69, 9.17) is 0 Å². The minimum Gasteiger partial charge on any atom is -0.545 e. The number of hydrogen-bond donors (Lipinski definition) is 0. The predicted octanol–water partition coefficient (Wildman–Crippen LogP) is -0.768. The Bertz CT molecular complexity index is 331.